The maximum atomic E-state index is 3.69. The van der Waals surface area contributed by atoms with E-state index in [-0.39, 0.29) is 35.6 Å². The van der Waals surface area contributed by atoms with Crippen LogP contribution in [-0.2, 0) is 54.3 Å². The molecule has 0 bridgehead atoms. The summed E-state index contributed by atoms with van der Waals surface area (Å²) in [6.07, 6.45) is 13.3. The summed E-state index contributed by atoms with van der Waals surface area (Å²) < 4.78 is 1.60. The number of fused-ring (bicyclic) bond motifs is 3. The van der Waals surface area contributed by atoms with E-state index < -0.39 is 0 Å². The third-order valence-electron chi connectivity index (χ3n) is 8.19. The van der Waals surface area contributed by atoms with Gasteiger partial charge in [-0.05, 0) is 35.4 Å². The molecular weight excluding hydrogens is 679 g/mol. The van der Waals surface area contributed by atoms with Crippen molar-refractivity contribution in [1.29, 1.82) is 0 Å². The molecule has 0 aromatic heterocycles. The zero-order chi connectivity index (χ0) is 31.9. The fourth-order valence-electron chi connectivity index (χ4n) is 6.11. The molecule has 0 aliphatic heterocycles. The van der Waals surface area contributed by atoms with Crippen LogP contribution >= 0.6 is 0 Å². The number of rotatable bonds is 4. The molecular formula is C43H48Cl2Zr-2. The molecule has 4 aromatic rings. The fraction of sp³-hybridized carbons (Fsp3) is 0.326. The molecule has 0 amide bonds. The monoisotopic (exact) mass is 724 g/mol. The van der Waals surface area contributed by atoms with Crippen LogP contribution in [0.25, 0.3) is 11.1 Å². The Morgan fingerprint density at radius 2 is 1.24 bits per heavy atom. The van der Waals surface area contributed by atoms with E-state index in [0.29, 0.717) is 0 Å². The number of benzene rings is 4. The van der Waals surface area contributed by atoms with Gasteiger partial charge in [-0.2, -0.15) is 23.8 Å². The molecule has 0 spiro atoms. The average molecular weight is 727 g/mol. The molecule has 3 heteroatoms. The number of hydrogen-bond acceptors (Lipinski definition) is 0. The zero-order valence-electron chi connectivity index (χ0n) is 28.8. The number of aryl methyl sites for hydroxylation is 2. The van der Waals surface area contributed by atoms with Crippen LogP contribution in [0.5, 0.6) is 0 Å². The molecule has 2 aliphatic rings. The van der Waals surface area contributed by atoms with Crippen molar-refractivity contribution in [2.24, 2.45) is 0 Å². The predicted octanol–water partition coefficient (Wildman–Crippen LogP) is 4.77. The molecule has 240 valence electrons. The molecule has 0 unspecified atom stereocenters. The van der Waals surface area contributed by atoms with Crippen LogP contribution in [-0.4, -0.2) is 3.21 Å². The first-order valence-corrected chi connectivity index (χ1v) is 17.1. The maximum absolute atomic E-state index is 3.69. The van der Waals surface area contributed by atoms with Gasteiger partial charge in [0.1, 0.15) is 0 Å². The van der Waals surface area contributed by atoms with Gasteiger partial charge in [0.05, 0.1) is 0 Å². The molecule has 0 atom stereocenters. The van der Waals surface area contributed by atoms with Gasteiger partial charge in [-0.1, -0.05) is 71.6 Å². The third-order valence-corrected chi connectivity index (χ3v) is 9.06. The Kier molecular flexibility index (Phi) is 15.4. The van der Waals surface area contributed by atoms with E-state index in [1.54, 1.807) is 27.4 Å². The predicted molar refractivity (Wildman–Crippen MR) is 187 cm³/mol. The number of allylic oxidation sites excluding steroid dienone is 4. The second-order valence-corrected chi connectivity index (χ2v) is 15.9. The Morgan fingerprint density at radius 1 is 0.717 bits per heavy atom. The Balaban J connectivity index is 0.000000278. The summed E-state index contributed by atoms with van der Waals surface area (Å²) in [5.41, 5.74) is 14.5. The minimum atomic E-state index is 0. The zero-order valence-corrected chi connectivity index (χ0v) is 32.8. The van der Waals surface area contributed by atoms with Crippen molar-refractivity contribution in [3.63, 3.8) is 0 Å². The number of halogens is 2. The van der Waals surface area contributed by atoms with E-state index in [0.717, 1.165) is 25.7 Å². The van der Waals surface area contributed by atoms with Crippen LogP contribution in [0, 0.1) is 26.0 Å². The first kappa shape index (κ1) is 39.9. The van der Waals surface area contributed by atoms with Crippen molar-refractivity contribution in [3.05, 3.63) is 154 Å². The van der Waals surface area contributed by atoms with Gasteiger partial charge in [0.15, 0.2) is 0 Å². The summed E-state index contributed by atoms with van der Waals surface area (Å²) in [5.74, 6) is 0. The Hall–Kier alpha value is -2.31. The van der Waals surface area contributed by atoms with Gasteiger partial charge in [0, 0.05) is 0 Å². The topological polar surface area (TPSA) is 0 Å². The van der Waals surface area contributed by atoms with E-state index in [9.17, 15) is 0 Å². The van der Waals surface area contributed by atoms with Crippen molar-refractivity contribution in [2.45, 2.75) is 91.9 Å². The van der Waals surface area contributed by atoms with Crippen LogP contribution in [0.2, 0.25) is 0 Å². The summed E-state index contributed by atoms with van der Waals surface area (Å²) in [4.78, 5) is 0. The van der Waals surface area contributed by atoms with Crippen LogP contribution in [0.15, 0.2) is 97.1 Å². The van der Waals surface area contributed by atoms with Crippen LogP contribution in [0.4, 0.5) is 0 Å². The molecule has 0 saturated carbocycles. The van der Waals surface area contributed by atoms with Crippen LogP contribution in [0.3, 0.4) is 0 Å². The van der Waals surface area contributed by atoms with Gasteiger partial charge < -0.3 is 24.8 Å². The van der Waals surface area contributed by atoms with Crippen LogP contribution in [0.1, 0.15) is 92.5 Å². The quantitative estimate of drug-likeness (QED) is 0.234. The van der Waals surface area contributed by atoms with E-state index in [2.05, 4.69) is 152 Å². The van der Waals surface area contributed by atoms with E-state index in [1.165, 1.54) is 55.6 Å². The molecule has 6 rings (SSSR count). The van der Waals surface area contributed by atoms with E-state index in [4.69, 9.17) is 0 Å². The summed E-state index contributed by atoms with van der Waals surface area (Å²) in [5, 5.41) is 0. The molecule has 4 aromatic carbocycles. The summed E-state index contributed by atoms with van der Waals surface area (Å²) >= 11 is 1.55. The normalized spacial score (nSPS) is 12.4. The molecule has 0 fully saturated rings. The van der Waals surface area contributed by atoms with E-state index in [1.807, 2.05) is 12.2 Å². The van der Waals surface area contributed by atoms with Crippen molar-refractivity contribution in [3.8, 4) is 11.1 Å². The Labute approximate surface area is 307 Å². The third kappa shape index (κ3) is 11.1. The SMILES string of the molecule is Cc1[c-]c2c(cc1C(C)(C)C)-c1cc(C(C)(C)C)c(C)cc1C2.[C-]1=CC=CC1.[Cl-].[Cl-].[Zr+2]=[C](Cc1ccccc1)Cc1ccccc1. The Bertz CT molecular complexity index is 1510. The first-order chi connectivity index (χ1) is 20.8. The molecule has 0 radical (unpaired) electrons. The first-order valence-electron chi connectivity index (χ1n) is 15.9. The van der Waals surface area contributed by atoms with Gasteiger partial charge >= 0.3 is 112 Å². The van der Waals surface area contributed by atoms with Crippen LogP contribution < -0.4 is 24.8 Å². The average Bonchev–Trinajstić information content (AvgIpc) is 3.64. The molecule has 0 nitrogen and oxygen atoms in total. The van der Waals surface area contributed by atoms with Crippen molar-refractivity contribution >= 4 is 3.21 Å². The van der Waals surface area contributed by atoms with Crippen molar-refractivity contribution in [1.82, 2.24) is 0 Å². The standard InChI is InChI=1S/C23H29.C15H14.C5H5.2ClH.Zr/c1-14-9-16-11-17-10-15(2)21(23(6,7)8)13-19(17)18(16)12-20(14)22(3,4)5;1-3-8-14(9-4-1)12-7-13-15-10-5-2-6-11-15;1-2-4-5-3-1;;;/h9,12-13H,11H2,1-8H3;1-6,8-11H,12-13H2;1-3H,4H2;2*1H;/q-1;;-1;;;+2/p-2. The van der Waals surface area contributed by atoms with E-state index >= 15 is 0 Å². The summed E-state index contributed by atoms with van der Waals surface area (Å²) in [7, 11) is 0. The summed E-state index contributed by atoms with van der Waals surface area (Å²) in [6, 6.07) is 32.4. The molecule has 0 N–H and O–H groups in total. The van der Waals surface area contributed by atoms with Gasteiger partial charge in [-0.3, -0.25) is 6.08 Å². The number of hydrogen-bond donors (Lipinski definition) is 0. The van der Waals surface area contributed by atoms with Gasteiger partial charge in [-0.15, -0.1) is 23.1 Å². The van der Waals surface area contributed by atoms with Gasteiger partial charge in [0.25, 0.3) is 0 Å². The molecule has 0 heterocycles. The van der Waals surface area contributed by atoms with Gasteiger partial charge in [0.2, 0.25) is 0 Å². The summed E-state index contributed by atoms with van der Waals surface area (Å²) in [6.45, 7) is 18.2. The Morgan fingerprint density at radius 3 is 1.67 bits per heavy atom. The second kappa shape index (κ2) is 17.7. The minimum absolute atomic E-state index is 0. The molecule has 0 saturated heterocycles. The molecule has 2 aliphatic carbocycles. The second-order valence-electron chi connectivity index (χ2n) is 14.1. The molecule has 46 heavy (non-hydrogen) atoms. The van der Waals surface area contributed by atoms with Crippen molar-refractivity contribution < 1.29 is 49.0 Å². The van der Waals surface area contributed by atoms with Crippen molar-refractivity contribution in [2.75, 3.05) is 0 Å². The fourth-order valence-corrected chi connectivity index (χ4v) is 7.11. The van der Waals surface area contributed by atoms with Gasteiger partial charge in [-0.25, -0.2) is 12.2 Å².